The average Bonchev–Trinajstić information content (AvgIpc) is 3.20. The van der Waals surface area contributed by atoms with E-state index in [2.05, 4.69) is 13.8 Å². The van der Waals surface area contributed by atoms with Gasteiger partial charge in [0, 0.05) is 29.6 Å². The number of carbonyl (C=O) groups is 3. The van der Waals surface area contributed by atoms with Crippen molar-refractivity contribution in [3.63, 3.8) is 0 Å². The summed E-state index contributed by atoms with van der Waals surface area (Å²) in [6, 6.07) is 0. The highest BCUT2D eigenvalue weighted by atomic mass is 16.6. The maximum absolute atomic E-state index is 13.0. The molecular weight excluding hydrogens is 384 g/mol. The first-order valence-corrected chi connectivity index (χ1v) is 11.4. The van der Waals surface area contributed by atoms with Gasteiger partial charge in [0.25, 0.3) is 0 Å². The molecule has 6 nitrogen and oxygen atoms in total. The smallest absolute Gasteiger partial charge is 0.309 e. The minimum absolute atomic E-state index is 0.0303. The van der Waals surface area contributed by atoms with Gasteiger partial charge in [-0.2, -0.15) is 0 Å². The van der Waals surface area contributed by atoms with E-state index in [1.54, 1.807) is 6.08 Å². The third-order valence-electron chi connectivity index (χ3n) is 10.2. The maximum Gasteiger partial charge on any atom is 0.309 e. The Hall–Kier alpha value is -1.69. The highest BCUT2D eigenvalue weighted by Crippen LogP contribution is 2.78. The van der Waals surface area contributed by atoms with Gasteiger partial charge in [-0.1, -0.05) is 19.4 Å². The van der Waals surface area contributed by atoms with E-state index < -0.39 is 11.2 Å². The Labute approximate surface area is 176 Å². The molecule has 6 aliphatic rings. The number of hydrogen-bond donors (Lipinski definition) is 0. The molecule has 0 amide bonds. The van der Waals surface area contributed by atoms with E-state index in [0.29, 0.717) is 19.3 Å². The van der Waals surface area contributed by atoms with Crippen LogP contribution < -0.4 is 0 Å². The monoisotopic (exact) mass is 414 g/mol. The molecule has 2 spiro atoms. The molecule has 0 bridgehead atoms. The van der Waals surface area contributed by atoms with Gasteiger partial charge in [-0.3, -0.25) is 14.4 Å². The van der Waals surface area contributed by atoms with Crippen molar-refractivity contribution in [1.29, 1.82) is 0 Å². The summed E-state index contributed by atoms with van der Waals surface area (Å²) in [4.78, 5) is 37.4. The van der Waals surface area contributed by atoms with Crippen molar-refractivity contribution >= 4 is 17.7 Å². The third kappa shape index (κ3) is 1.94. The van der Waals surface area contributed by atoms with Gasteiger partial charge < -0.3 is 14.2 Å². The van der Waals surface area contributed by atoms with Crippen molar-refractivity contribution in [2.45, 2.75) is 82.5 Å². The number of esters is 2. The molecule has 5 fully saturated rings. The maximum atomic E-state index is 13.0. The highest BCUT2D eigenvalue weighted by molar-refractivity contribution is 5.92. The number of methoxy groups -OCH3 is 1. The summed E-state index contributed by atoms with van der Waals surface area (Å²) in [6.07, 6.45) is 7.61. The topological polar surface area (TPSA) is 82.2 Å². The van der Waals surface area contributed by atoms with Crippen LogP contribution in [0.1, 0.15) is 65.2 Å². The number of fused-ring (bicyclic) bond motifs is 4. The summed E-state index contributed by atoms with van der Waals surface area (Å²) in [5.74, 6) is -0.201. The second kappa shape index (κ2) is 5.56. The van der Waals surface area contributed by atoms with E-state index in [1.807, 2.05) is 0 Å². The molecule has 0 radical (unpaired) electrons. The van der Waals surface area contributed by atoms with Crippen LogP contribution in [0.3, 0.4) is 0 Å². The van der Waals surface area contributed by atoms with Gasteiger partial charge in [-0.05, 0) is 50.5 Å². The number of carbonyl (C=O) groups excluding carboxylic acids is 3. The highest BCUT2D eigenvalue weighted by Gasteiger charge is 2.83. The van der Waals surface area contributed by atoms with Gasteiger partial charge in [0.1, 0.15) is 11.2 Å². The van der Waals surface area contributed by atoms with Crippen LogP contribution in [0.5, 0.6) is 0 Å². The number of epoxide rings is 1. The molecule has 2 aliphatic heterocycles. The predicted octanol–water partition coefficient (Wildman–Crippen LogP) is 3.12. The summed E-state index contributed by atoms with van der Waals surface area (Å²) in [5.41, 5.74) is -0.175. The Kier molecular flexibility index (Phi) is 3.53. The lowest BCUT2D eigenvalue weighted by Crippen LogP contribution is -2.63. The second-order valence-electron chi connectivity index (χ2n) is 11.0. The Morgan fingerprint density at radius 3 is 2.67 bits per heavy atom. The van der Waals surface area contributed by atoms with Crippen molar-refractivity contribution < 1.29 is 28.6 Å². The van der Waals surface area contributed by atoms with Crippen molar-refractivity contribution in [1.82, 2.24) is 0 Å². The zero-order valence-corrected chi connectivity index (χ0v) is 18.0. The molecule has 0 aromatic rings. The fraction of sp³-hybridized carbons (Fsp3) is 0.792. The van der Waals surface area contributed by atoms with Crippen LogP contribution in [0.15, 0.2) is 11.6 Å². The fourth-order valence-corrected chi connectivity index (χ4v) is 8.69. The number of ketones is 1. The quantitative estimate of drug-likeness (QED) is 0.484. The standard InChI is InChI=1S/C24H30O6/c1-21-7-4-14(25)10-13(21)11-15(20(27)28-3)19-16-5-8-23(9-6-18(26)30-23)22(16,2)12-17-24(19,21)29-17/h10,15-17,19H,4-9,11-12H2,1-3H3/t15-,16+,17+,19-,21+,22+,23-,24-/m1/s1. The molecule has 2 saturated heterocycles. The van der Waals surface area contributed by atoms with Crippen LogP contribution in [0, 0.1) is 28.6 Å². The van der Waals surface area contributed by atoms with Crippen LogP contribution in [0.25, 0.3) is 0 Å². The zero-order chi connectivity index (χ0) is 21.1. The van der Waals surface area contributed by atoms with Crippen LogP contribution in [0.2, 0.25) is 0 Å². The fourth-order valence-electron chi connectivity index (χ4n) is 8.69. The molecule has 6 heteroatoms. The lowest BCUT2D eigenvalue weighted by atomic mass is 9.43. The molecule has 6 rings (SSSR count). The van der Waals surface area contributed by atoms with Crippen molar-refractivity contribution in [3.05, 3.63) is 11.6 Å². The van der Waals surface area contributed by atoms with E-state index in [9.17, 15) is 14.4 Å². The van der Waals surface area contributed by atoms with Crippen molar-refractivity contribution in [2.24, 2.45) is 28.6 Å². The molecule has 0 aromatic carbocycles. The molecule has 162 valence electrons. The summed E-state index contributed by atoms with van der Waals surface area (Å²) < 4.78 is 17.9. The van der Waals surface area contributed by atoms with Gasteiger partial charge in [-0.15, -0.1) is 0 Å². The van der Waals surface area contributed by atoms with Crippen LogP contribution in [-0.4, -0.2) is 42.1 Å². The second-order valence-corrected chi connectivity index (χ2v) is 11.0. The Balaban J connectivity index is 1.49. The van der Waals surface area contributed by atoms with Gasteiger partial charge in [0.05, 0.1) is 19.1 Å². The number of ether oxygens (including phenoxy) is 3. The van der Waals surface area contributed by atoms with Gasteiger partial charge in [-0.25, -0.2) is 0 Å². The van der Waals surface area contributed by atoms with Crippen LogP contribution >= 0.6 is 0 Å². The van der Waals surface area contributed by atoms with Gasteiger partial charge >= 0.3 is 11.9 Å². The molecule has 8 atom stereocenters. The molecule has 30 heavy (non-hydrogen) atoms. The molecule has 0 aromatic heterocycles. The van der Waals surface area contributed by atoms with E-state index in [0.717, 1.165) is 37.7 Å². The Morgan fingerprint density at radius 1 is 1.17 bits per heavy atom. The van der Waals surface area contributed by atoms with Gasteiger partial charge in [0.15, 0.2) is 5.78 Å². The predicted molar refractivity (Wildman–Crippen MR) is 105 cm³/mol. The summed E-state index contributed by atoms with van der Waals surface area (Å²) >= 11 is 0. The Morgan fingerprint density at radius 2 is 1.97 bits per heavy atom. The number of hydrogen-bond acceptors (Lipinski definition) is 6. The van der Waals surface area contributed by atoms with Crippen molar-refractivity contribution in [2.75, 3.05) is 7.11 Å². The minimum atomic E-state index is -0.424. The lowest BCUT2D eigenvalue weighted by Gasteiger charge is -2.58. The van der Waals surface area contributed by atoms with E-state index in [1.165, 1.54) is 7.11 Å². The minimum Gasteiger partial charge on any atom is -0.469 e. The molecule has 0 unspecified atom stereocenters. The molecule has 0 N–H and O–H groups in total. The zero-order valence-electron chi connectivity index (χ0n) is 18.0. The van der Waals surface area contributed by atoms with E-state index in [4.69, 9.17) is 14.2 Å². The molecule has 2 heterocycles. The van der Waals surface area contributed by atoms with Crippen LogP contribution in [0.4, 0.5) is 0 Å². The number of rotatable bonds is 1. The summed E-state index contributed by atoms with van der Waals surface area (Å²) in [5, 5.41) is 0. The molecular formula is C24H30O6. The molecule has 3 saturated carbocycles. The molecule has 4 aliphatic carbocycles. The Bertz CT molecular complexity index is 907. The first-order valence-electron chi connectivity index (χ1n) is 11.4. The van der Waals surface area contributed by atoms with Crippen molar-refractivity contribution in [3.8, 4) is 0 Å². The van der Waals surface area contributed by atoms with E-state index in [-0.39, 0.29) is 52.4 Å². The van der Waals surface area contributed by atoms with E-state index >= 15 is 0 Å². The SMILES string of the molecule is COC(=O)[C@@H]1CC2=CC(=O)CC[C@]2(C)[C@@]23O[C@H]2C[C@@]2(C)[C@@H](CC[C@@]24CCC(=O)O4)[C@@H]13. The summed E-state index contributed by atoms with van der Waals surface area (Å²) in [7, 11) is 1.45. The first kappa shape index (κ1) is 19.0. The normalized spacial score (nSPS) is 53.2. The lowest BCUT2D eigenvalue weighted by molar-refractivity contribution is -0.172. The first-order chi connectivity index (χ1) is 14.2. The summed E-state index contributed by atoms with van der Waals surface area (Å²) in [6.45, 7) is 4.51. The van der Waals surface area contributed by atoms with Crippen LogP contribution in [-0.2, 0) is 28.6 Å². The third-order valence-corrected chi connectivity index (χ3v) is 10.2. The average molecular weight is 414 g/mol. The largest absolute Gasteiger partial charge is 0.469 e. The van der Waals surface area contributed by atoms with Gasteiger partial charge in [0.2, 0.25) is 0 Å².